The van der Waals surface area contributed by atoms with Gasteiger partial charge in [0.1, 0.15) is 10.6 Å². The molecule has 2 heterocycles. The molecule has 0 spiro atoms. The molecule has 1 aliphatic rings. The predicted octanol–water partition coefficient (Wildman–Crippen LogP) is 0.579. The van der Waals surface area contributed by atoms with Gasteiger partial charge in [-0.05, 0) is 39.4 Å². The lowest BCUT2D eigenvalue weighted by atomic mass is 10.2. The largest absolute Gasteiger partial charge is 0.477 e. The molecule has 1 fully saturated rings. The average Bonchev–Trinajstić information content (AvgIpc) is 3.02. The number of rotatable bonds is 6. The van der Waals surface area contributed by atoms with Crippen LogP contribution < -0.4 is 4.72 Å². The standard InChI is InChI=1S/C13H21N3O4S/c1-3-16-9-11(7-12(16)13(17)18)21(19,20)14-8-10-5-4-6-15(10)2/h7,9-10,14H,3-6,8H2,1-2H3,(H,17,18). The van der Waals surface area contributed by atoms with Crippen LogP contribution in [-0.4, -0.2) is 55.1 Å². The van der Waals surface area contributed by atoms with Crippen molar-refractivity contribution in [2.75, 3.05) is 20.1 Å². The van der Waals surface area contributed by atoms with Crippen molar-refractivity contribution >= 4 is 16.0 Å². The summed E-state index contributed by atoms with van der Waals surface area (Å²) in [6.45, 7) is 3.49. The summed E-state index contributed by atoms with van der Waals surface area (Å²) in [6, 6.07) is 1.40. The third-order valence-electron chi connectivity index (χ3n) is 3.92. The highest BCUT2D eigenvalue weighted by atomic mass is 32.2. The maximum atomic E-state index is 12.3. The van der Waals surface area contributed by atoms with Crippen molar-refractivity contribution in [3.05, 3.63) is 18.0 Å². The summed E-state index contributed by atoms with van der Waals surface area (Å²) in [5.74, 6) is -1.13. The van der Waals surface area contributed by atoms with Crippen molar-refractivity contribution in [2.24, 2.45) is 0 Å². The molecule has 1 atom stereocenters. The van der Waals surface area contributed by atoms with Gasteiger partial charge in [-0.25, -0.2) is 17.9 Å². The van der Waals surface area contributed by atoms with Crippen LogP contribution in [0.15, 0.2) is 17.2 Å². The Morgan fingerprint density at radius 3 is 2.71 bits per heavy atom. The maximum Gasteiger partial charge on any atom is 0.352 e. The third kappa shape index (κ3) is 3.45. The molecule has 8 heteroatoms. The molecule has 0 radical (unpaired) electrons. The third-order valence-corrected chi connectivity index (χ3v) is 5.31. The highest BCUT2D eigenvalue weighted by Crippen LogP contribution is 2.17. The normalized spacial score (nSPS) is 20.0. The number of nitrogens with zero attached hydrogens (tertiary/aromatic N) is 2. The SMILES string of the molecule is CCn1cc(S(=O)(=O)NCC2CCCN2C)cc1C(=O)O. The minimum absolute atomic E-state index is 0.00222. The fourth-order valence-corrected chi connectivity index (χ4v) is 3.71. The molecule has 0 aromatic carbocycles. The predicted molar refractivity (Wildman–Crippen MR) is 77.9 cm³/mol. The smallest absolute Gasteiger partial charge is 0.352 e. The number of hydrogen-bond donors (Lipinski definition) is 2. The quantitative estimate of drug-likeness (QED) is 0.801. The number of aromatic carboxylic acids is 1. The Hall–Kier alpha value is -1.38. The molecule has 1 saturated heterocycles. The molecule has 2 N–H and O–H groups in total. The number of aromatic nitrogens is 1. The Kier molecular flexibility index (Phi) is 4.70. The molecule has 0 aliphatic carbocycles. The van der Waals surface area contributed by atoms with Crippen molar-refractivity contribution in [1.29, 1.82) is 0 Å². The average molecular weight is 315 g/mol. The second kappa shape index (κ2) is 6.17. The van der Waals surface area contributed by atoms with Gasteiger partial charge < -0.3 is 14.6 Å². The first kappa shape index (κ1) is 16.0. The summed E-state index contributed by atoms with van der Waals surface area (Å²) in [6.07, 6.45) is 3.40. The molecular weight excluding hydrogens is 294 g/mol. The zero-order chi connectivity index (χ0) is 15.6. The molecule has 1 unspecified atom stereocenters. The van der Waals surface area contributed by atoms with Crippen LogP contribution in [0.3, 0.4) is 0 Å². The summed E-state index contributed by atoms with van der Waals surface area (Å²) in [7, 11) is -1.70. The fraction of sp³-hybridized carbons (Fsp3) is 0.615. The summed E-state index contributed by atoms with van der Waals surface area (Å²) in [5.41, 5.74) is -0.0177. The molecular formula is C13H21N3O4S. The number of hydrogen-bond acceptors (Lipinski definition) is 4. The number of sulfonamides is 1. The van der Waals surface area contributed by atoms with Gasteiger partial charge >= 0.3 is 5.97 Å². The first-order valence-electron chi connectivity index (χ1n) is 6.98. The van der Waals surface area contributed by atoms with E-state index in [0.717, 1.165) is 19.4 Å². The van der Waals surface area contributed by atoms with Crippen LogP contribution in [-0.2, 0) is 16.6 Å². The van der Waals surface area contributed by atoms with E-state index in [1.807, 2.05) is 7.05 Å². The van der Waals surface area contributed by atoms with Gasteiger partial charge in [-0.3, -0.25) is 0 Å². The molecule has 0 amide bonds. The van der Waals surface area contributed by atoms with Crippen LogP contribution >= 0.6 is 0 Å². The van der Waals surface area contributed by atoms with E-state index in [1.54, 1.807) is 6.92 Å². The second-order valence-electron chi connectivity index (χ2n) is 5.28. The zero-order valence-electron chi connectivity index (χ0n) is 12.2. The zero-order valence-corrected chi connectivity index (χ0v) is 13.1. The molecule has 0 saturated carbocycles. The van der Waals surface area contributed by atoms with Gasteiger partial charge in [-0.2, -0.15) is 0 Å². The molecule has 2 rings (SSSR count). The second-order valence-corrected chi connectivity index (χ2v) is 7.05. The molecule has 118 valence electrons. The summed E-state index contributed by atoms with van der Waals surface area (Å²) < 4.78 is 28.5. The minimum atomic E-state index is -3.68. The maximum absolute atomic E-state index is 12.3. The highest BCUT2D eigenvalue weighted by molar-refractivity contribution is 7.89. The van der Waals surface area contributed by atoms with Crippen LogP contribution in [0, 0.1) is 0 Å². The van der Waals surface area contributed by atoms with Crippen molar-refractivity contribution in [3.63, 3.8) is 0 Å². The Balaban J connectivity index is 2.14. The molecule has 1 aromatic rings. The topological polar surface area (TPSA) is 91.6 Å². The van der Waals surface area contributed by atoms with Crippen LogP contribution in [0.1, 0.15) is 30.3 Å². The Labute approximate surface area is 124 Å². The monoisotopic (exact) mass is 315 g/mol. The van der Waals surface area contributed by atoms with Crippen LogP contribution in [0.4, 0.5) is 0 Å². The Morgan fingerprint density at radius 2 is 2.24 bits per heavy atom. The minimum Gasteiger partial charge on any atom is -0.477 e. The van der Waals surface area contributed by atoms with E-state index < -0.39 is 16.0 Å². The Morgan fingerprint density at radius 1 is 1.52 bits per heavy atom. The number of carbonyl (C=O) groups is 1. The van der Waals surface area contributed by atoms with Gasteiger partial charge in [-0.15, -0.1) is 0 Å². The van der Waals surface area contributed by atoms with Gasteiger partial charge in [0.25, 0.3) is 0 Å². The van der Waals surface area contributed by atoms with Gasteiger partial charge in [0, 0.05) is 25.3 Å². The summed E-state index contributed by atoms with van der Waals surface area (Å²) in [5, 5.41) is 9.07. The number of carboxylic acids is 1. The number of aryl methyl sites for hydroxylation is 1. The molecule has 7 nitrogen and oxygen atoms in total. The Bertz CT molecular complexity index is 623. The van der Waals surface area contributed by atoms with Gasteiger partial charge in [0.15, 0.2) is 0 Å². The van der Waals surface area contributed by atoms with E-state index in [2.05, 4.69) is 9.62 Å². The van der Waals surface area contributed by atoms with Crippen molar-refractivity contribution < 1.29 is 18.3 Å². The van der Waals surface area contributed by atoms with E-state index in [9.17, 15) is 13.2 Å². The highest BCUT2D eigenvalue weighted by Gasteiger charge is 2.25. The first-order valence-corrected chi connectivity index (χ1v) is 8.47. The van der Waals surface area contributed by atoms with Gasteiger partial charge in [-0.1, -0.05) is 0 Å². The van der Waals surface area contributed by atoms with E-state index in [4.69, 9.17) is 5.11 Å². The lowest BCUT2D eigenvalue weighted by Gasteiger charge is -2.19. The number of nitrogens with one attached hydrogen (secondary N) is 1. The van der Waals surface area contributed by atoms with Crippen molar-refractivity contribution in [1.82, 2.24) is 14.2 Å². The lowest BCUT2D eigenvalue weighted by molar-refractivity contribution is 0.0685. The fourth-order valence-electron chi connectivity index (χ4n) is 2.60. The molecule has 1 aromatic heterocycles. The van der Waals surface area contributed by atoms with Crippen LogP contribution in [0.5, 0.6) is 0 Å². The number of carboxylic acid groups (broad SMARTS) is 1. The van der Waals surface area contributed by atoms with E-state index >= 15 is 0 Å². The van der Waals surface area contributed by atoms with Crippen LogP contribution in [0.25, 0.3) is 0 Å². The van der Waals surface area contributed by atoms with Gasteiger partial charge in [0.05, 0.1) is 0 Å². The summed E-state index contributed by atoms with van der Waals surface area (Å²) in [4.78, 5) is 13.2. The van der Waals surface area contributed by atoms with E-state index in [1.165, 1.54) is 16.8 Å². The molecule has 0 bridgehead atoms. The van der Waals surface area contributed by atoms with E-state index in [-0.39, 0.29) is 16.6 Å². The molecule has 1 aliphatic heterocycles. The van der Waals surface area contributed by atoms with Crippen molar-refractivity contribution in [2.45, 2.75) is 37.2 Å². The first-order chi connectivity index (χ1) is 9.85. The molecule has 21 heavy (non-hydrogen) atoms. The number of likely N-dealkylation sites (tertiary alicyclic amines) is 1. The summed E-state index contributed by atoms with van der Waals surface area (Å²) >= 11 is 0. The number of likely N-dealkylation sites (N-methyl/N-ethyl adjacent to an activating group) is 1. The lowest BCUT2D eigenvalue weighted by Crippen LogP contribution is -2.38. The van der Waals surface area contributed by atoms with Crippen LogP contribution in [0.2, 0.25) is 0 Å². The van der Waals surface area contributed by atoms with Crippen molar-refractivity contribution in [3.8, 4) is 0 Å². The van der Waals surface area contributed by atoms with Gasteiger partial charge in [0.2, 0.25) is 10.0 Å². The van der Waals surface area contributed by atoms with E-state index in [0.29, 0.717) is 13.1 Å².